The Morgan fingerprint density at radius 2 is 2.10 bits per heavy atom. The Balaban J connectivity index is 0.000000339. The summed E-state index contributed by atoms with van der Waals surface area (Å²) >= 11 is 0. The molecule has 166 valence electrons. The van der Waals surface area contributed by atoms with Gasteiger partial charge in [0.2, 0.25) is 0 Å². The number of rotatable bonds is 4. The number of carboxylic acid groups (broad SMARTS) is 1. The van der Waals surface area contributed by atoms with Crippen molar-refractivity contribution < 1.29 is 27.9 Å². The van der Waals surface area contributed by atoms with Crippen molar-refractivity contribution in [3.63, 3.8) is 0 Å². The van der Waals surface area contributed by atoms with E-state index in [1.165, 1.54) is 18.4 Å². The number of pyridine rings is 1. The van der Waals surface area contributed by atoms with Gasteiger partial charge in [0, 0.05) is 23.9 Å². The molecule has 10 heteroatoms. The number of carboxylic acids is 1. The van der Waals surface area contributed by atoms with Crippen LogP contribution in [0.15, 0.2) is 18.3 Å². The molecule has 0 saturated carbocycles. The molecule has 31 heavy (non-hydrogen) atoms. The van der Waals surface area contributed by atoms with Crippen molar-refractivity contribution in [2.24, 2.45) is 0 Å². The molecule has 1 amide bonds. The molecule has 0 unspecified atom stereocenters. The minimum Gasteiger partial charge on any atom is -0.475 e. The molecule has 3 heterocycles. The molecule has 0 aromatic carbocycles. The number of amides is 1. The molecule has 4 rings (SSSR count). The molecule has 0 atom stereocenters. The zero-order valence-corrected chi connectivity index (χ0v) is 17.0. The molecule has 2 aliphatic rings. The number of aliphatic carboxylic acids is 1. The molecule has 2 aromatic heterocycles. The molecular formula is C21H23F3N4O3. The summed E-state index contributed by atoms with van der Waals surface area (Å²) < 4.78 is 33.6. The number of fused-ring (bicyclic) bond motifs is 5. The van der Waals surface area contributed by atoms with Crippen LogP contribution < -0.4 is 5.32 Å². The summed E-state index contributed by atoms with van der Waals surface area (Å²) in [6.45, 7) is 3.60. The number of allylic oxidation sites excluding steroid dienone is 1. The van der Waals surface area contributed by atoms with E-state index >= 15 is 0 Å². The van der Waals surface area contributed by atoms with Crippen LogP contribution in [0.25, 0.3) is 17.3 Å². The third-order valence-corrected chi connectivity index (χ3v) is 5.04. The van der Waals surface area contributed by atoms with Gasteiger partial charge in [-0.3, -0.25) is 14.5 Å². The molecule has 7 nitrogen and oxygen atoms in total. The summed E-state index contributed by atoms with van der Waals surface area (Å²) in [6.07, 6.45) is 6.43. The summed E-state index contributed by atoms with van der Waals surface area (Å²) in [4.78, 5) is 25.7. The van der Waals surface area contributed by atoms with Gasteiger partial charge in [-0.1, -0.05) is 25.8 Å². The lowest BCUT2D eigenvalue weighted by Crippen LogP contribution is -2.36. The number of nitrogens with zero attached hydrogens (tertiary/aromatic N) is 3. The first-order chi connectivity index (χ1) is 14.7. The lowest BCUT2D eigenvalue weighted by Gasteiger charge is -2.17. The number of aromatic nitrogens is 3. The Bertz CT molecular complexity index is 1010. The fourth-order valence-corrected chi connectivity index (χ4v) is 3.52. The first-order valence-corrected chi connectivity index (χ1v) is 10.1. The van der Waals surface area contributed by atoms with Crippen LogP contribution in [0.1, 0.15) is 53.5 Å². The topological polar surface area (TPSA) is 97.1 Å². The van der Waals surface area contributed by atoms with Crippen LogP contribution in [0.3, 0.4) is 0 Å². The molecule has 2 aromatic rings. The number of unbranched alkanes of at least 4 members (excludes halogenated alkanes) is 2. The number of hydrogen-bond acceptors (Lipinski definition) is 4. The quantitative estimate of drug-likeness (QED) is 0.714. The van der Waals surface area contributed by atoms with E-state index in [9.17, 15) is 18.0 Å². The highest BCUT2D eigenvalue weighted by Gasteiger charge is 2.38. The SMILES string of the molecule is CCCC/C=C/c1cc2c(cn1)CCc1c-2nn2c1C(=O)NCC2.O=C(O)C(F)(F)F. The van der Waals surface area contributed by atoms with Gasteiger partial charge in [0.05, 0.1) is 17.9 Å². The van der Waals surface area contributed by atoms with Crippen molar-refractivity contribution in [1.82, 2.24) is 20.1 Å². The van der Waals surface area contributed by atoms with E-state index in [2.05, 4.69) is 35.4 Å². The second-order valence-corrected chi connectivity index (χ2v) is 7.27. The van der Waals surface area contributed by atoms with E-state index in [0.29, 0.717) is 6.54 Å². The third kappa shape index (κ3) is 5.12. The summed E-state index contributed by atoms with van der Waals surface area (Å²) in [5.74, 6) is -2.75. The molecule has 0 radical (unpaired) electrons. The number of carbonyl (C=O) groups is 2. The lowest BCUT2D eigenvalue weighted by molar-refractivity contribution is -0.192. The Hall–Kier alpha value is -3.17. The Kier molecular flexibility index (Phi) is 6.77. The standard InChI is InChI=1S/C19H22N4O.C2HF3O2/c1-2-3-4-5-6-14-11-16-13(12-21-14)7-8-15-17(16)22-23-10-9-20-19(24)18(15)23;3-2(4,5)1(6)7/h5-6,11-12H,2-4,7-10H2,1H3,(H,20,24);(H,6,7)/b6-5+;. The Morgan fingerprint density at radius 3 is 2.77 bits per heavy atom. The van der Waals surface area contributed by atoms with Crippen LogP contribution >= 0.6 is 0 Å². The molecular weight excluding hydrogens is 413 g/mol. The smallest absolute Gasteiger partial charge is 0.475 e. The molecule has 0 saturated heterocycles. The summed E-state index contributed by atoms with van der Waals surface area (Å²) in [5.41, 5.74) is 6.13. The molecule has 0 bridgehead atoms. The maximum absolute atomic E-state index is 12.2. The van der Waals surface area contributed by atoms with E-state index < -0.39 is 12.1 Å². The third-order valence-electron chi connectivity index (χ3n) is 5.04. The van der Waals surface area contributed by atoms with Crippen LogP contribution in [0.5, 0.6) is 0 Å². The normalized spacial score (nSPS) is 14.8. The van der Waals surface area contributed by atoms with Gasteiger partial charge in [0.15, 0.2) is 0 Å². The minimum atomic E-state index is -5.08. The van der Waals surface area contributed by atoms with Crippen LogP contribution in [0, 0.1) is 0 Å². The van der Waals surface area contributed by atoms with Crippen molar-refractivity contribution >= 4 is 18.0 Å². The Morgan fingerprint density at radius 1 is 1.35 bits per heavy atom. The number of alkyl halides is 3. The van der Waals surface area contributed by atoms with Gasteiger partial charge in [-0.2, -0.15) is 18.3 Å². The largest absolute Gasteiger partial charge is 0.490 e. The average Bonchev–Trinajstić information content (AvgIpc) is 3.11. The van der Waals surface area contributed by atoms with Gasteiger partial charge in [0.1, 0.15) is 5.69 Å². The first kappa shape index (κ1) is 22.5. The zero-order chi connectivity index (χ0) is 22.6. The highest BCUT2D eigenvalue weighted by Crippen LogP contribution is 2.35. The number of halogens is 3. The highest BCUT2D eigenvalue weighted by atomic mass is 19.4. The van der Waals surface area contributed by atoms with E-state index in [4.69, 9.17) is 15.0 Å². The fraction of sp³-hybridized carbons (Fsp3) is 0.429. The predicted molar refractivity (Wildman–Crippen MR) is 107 cm³/mol. The van der Waals surface area contributed by atoms with Gasteiger partial charge in [-0.25, -0.2) is 4.79 Å². The number of hydrogen-bond donors (Lipinski definition) is 2. The van der Waals surface area contributed by atoms with Crippen LogP contribution in [-0.2, 0) is 24.2 Å². The maximum atomic E-state index is 12.2. The van der Waals surface area contributed by atoms with Gasteiger partial charge < -0.3 is 10.4 Å². The lowest BCUT2D eigenvalue weighted by atomic mass is 9.89. The summed E-state index contributed by atoms with van der Waals surface area (Å²) in [7, 11) is 0. The van der Waals surface area contributed by atoms with E-state index in [1.54, 1.807) is 0 Å². The Labute approximate surface area is 177 Å². The summed E-state index contributed by atoms with van der Waals surface area (Å²) in [5, 5.41) is 14.8. The van der Waals surface area contributed by atoms with Crippen molar-refractivity contribution in [3.8, 4) is 11.3 Å². The van der Waals surface area contributed by atoms with Gasteiger partial charge in [-0.05, 0) is 37.0 Å². The van der Waals surface area contributed by atoms with Crippen molar-refractivity contribution in [2.75, 3.05) is 6.54 Å². The number of aryl methyl sites for hydroxylation is 1. The van der Waals surface area contributed by atoms with Crippen LogP contribution in [0.4, 0.5) is 13.2 Å². The zero-order valence-electron chi connectivity index (χ0n) is 17.0. The molecule has 1 aliphatic heterocycles. The van der Waals surface area contributed by atoms with E-state index in [1.807, 2.05) is 10.9 Å². The van der Waals surface area contributed by atoms with Gasteiger partial charge >= 0.3 is 12.1 Å². The first-order valence-electron chi connectivity index (χ1n) is 10.1. The van der Waals surface area contributed by atoms with Crippen LogP contribution in [-0.4, -0.2) is 44.5 Å². The molecule has 1 aliphatic carbocycles. The average molecular weight is 436 g/mol. The number of nitrogens with one attached hydrogen (secondary N) is 1. The predicted octanol–water partition coefficient (Wildman–Crippen LogP) is 3.62. The van der Waals surface area contributed by atoms with Gasteiger partial charge in [0.25, 0.3) is 5.91 Å². The number of carbonyl (C=O) groups excluding carboxylic acids is 1. The second kappa shape index (κ2) is 9.32. The minimum absolute atomic E-state index is 0.00666. The monoisotopic (exact) mass is 436 g/mol. The molecule has 2 N–H and O–H groups in total. The van der Waals surface area contributed by atoms with Crippen molar-refractivity contribution in [1.29, 1.82) is 0 Å². The van der Waals surface area contributed by atoms with Crippen molar-refractivity contribution in [3.05, 3.63) is 40.9 Å². The second-order valence-electron chi connectivity index (χ2n) is 7.27. The van der Waals surface area contributed by atoms with E-state index in [-0.39, 0.29) is 5.91 Å². The molecule has 0 spiro atoms. The van der Waals surface area contributed by atoms with E-state index in [0.717, 1.165) is 54.0 Å². The maximum Gasteiger partial charge on any atom is 0.490 e. The highest BCUT2D eigenvalue weighted by molar-refractivity contribution is 5.97. The molecule has 0 fully saturated rings. The van der Waals surface area contributed by atoms with Gasteiger partial charge in [-0.15, -0.1) is 0 Å². The fourth-order valence-electron chi connectivity index (χ4n) is 3.52. The van der Waals surface area contributed by atoms with Crippen molar-refractivity contribution in [2.45, 2.75) is 51.7 Å². The summed E-state index contributed by atoms with van der Waals surface area (Å²) in [6, 6.07) is 2.12. The van der Waals surface area contributed by atoms with Crippen LogP contribution in [0.2, 0.25) is 0 Å².